The van der Waals surface area contributed by atoms with Gasteiger partial charge in [0.25, 0.3) is 0 Å². The fourth-order valence-electron chi connectivity index (χ4n) is 2.17. The third-order valence-electron chi connectivity index (χ3n) is 3.15. The van der Waals surface area contributed by atoms with Crippen molar-refractivity contribution in [3.05, 3.63) is 29.3 Å². The minimum absolute atomic E-state index is 0.299. The van der Waals surface area contributed by atoms with Gasteiger partial charge in [0.1, 0.15) is 22.5 Å². The Morgan fingerprint density at radius 3 is 2.08 bits per heavy atom. The van der Waals surface area contributed by atoms with E-state index in [4.69, 9.17) is 5.73 Å². The zero-order valence-corrected chi connectivity index (χ0v) is 11.4. The second-order valence-corrected chi connectivity index (χ2v) is 4.71. The monoisotopic (exact) mass is 348 g/mol. The molecule has 0 saturated heterocycles. The summed E-state index contributed by atoms with van der Waals surface area (Å²) >= 11 is 0. The smallest absolute Gasteiger partial charge is 0.382 e. The lowest BCUT2D eigenvalue weighted by molar-refractivity contribution is -0.138. The average molecular weight is 348 g/mol. The van der Waals surface area contributed by atoms with Crippen molar-refractivity contribution >= 4 is 16.9 Å². The number of nitrogens with zero attached hydrogens (tertiary/aromatic N) is 4. The fourth-order valence-corrected chi connectivity index (χ4v) is 2.17. The quantitative estimate of drug-likeness (QED) is 0.660. The van der Waals surface area contributed by atoms with Gasteiger partial charge in [-0.15, -0.1) is 10.2 Å². The zero-order valence-electron chi connectivity index (χ0n) is 11.4. The lowest BCUT2D eigenvalue weighted by Gasteiger charge is -2.13. The first kappa shape index (κ1) is 16.0. The lowest BCUT2D eigenvalue weighted by Crippen LogP contribution is -2.12. The normalized spacial score (nSPS) is 12.8. The average Bonchev–Trinajstić information content (AvgIpc) is 2.93. The molecule has 3 rings (SSSR count). The van der Waals surface area contributed by atoms with Gasteiger partial charge in [-0.2, -0.15) is 41.8 Å². The maximum atomic E-state index is 13.2. The van der Waals surface area contributed by atoms with E-state index in [0.29, 0.717) is 12.1 Å². The Morgan fingerprint density at radius 1 is 0.833 bits per heavy atom. The molecule has 0 aliphatic rings. The van der Waals surface area contributed by atoms with Crippen LogP contribution in [0.2, 0.25) is 0 Å². The molecule has 0 atom stereocenters. The van der Waals surface area contributed by atoms with Crippen molar-refractivity contribution in [2.75, 3.05) is 5.73 Å². The second-order valence-electron chi connectivity index (χ2n) is 4.71. The number of anilines is 1. The van der Waals surface area contributed by atoms with Gasteiger partial charge < -0.3 is 5.73 Å². The number of benzene rings is 1. The van der Waals surface area contributed by atoms with E-state index in [1.165, 1.54) is 0 Å². The Bertz CT molecular complexity index is 913. The number of rotatable bonds is 1. The topological polar surface area (TPSA) is 93.4 Å². The van der Waals surface area contributed by atoms with E-state index >= 15 is 0 Å². The molecule has 0 unspecified atom stereocenters. The highest BCUT2D eigenvalue weighted by atomic mass is 19.4. The molecule has 0 saturated carbocycles. The van der Waals surface area contributed by atoms with E-state index in [9.17, 15) is 26.3 Å². The zero-order chi connectivity index (χ0) is 17.7. The number of halogens is 6. The molecule has 0 aliphatic carbocycles. The van der Waals surface area contributed by atoms with Crippen molar-refractivity contribution in [3.63, 3.8) is 0 Å². The molecule has 2 aromatic heterocycles. The molecule has 0 amide bonds. The van der Waals surface area contributed by atoms with Crippen LogP contribution in [0.5, 0.6) is 0 Å². The highest BCUT2D eigenvalue weighted by Crippen LogP contribution is 2.40. The molecule has 0 spiro atoms. The van der Waals surface area contributed by atoms with Gasteiger partial charge in [0.2, 0.25) is 0 Å². The van der Waals surface area contributed by atoms with Gasteiger partial charge in [-0.3, -0.25) is 0 Å². The third-order valence-corrected chi connectivity index (χ3v) is 3.15. The number of aromatic amines is 1. The van der Waals surface area contributed by atoms with Crippen LogP contribution in [0, 0.1) is 0 Å². The van der Waals surface area contributed by atoms with Crippen LogP contribution >= 0.6 is 0 Å². The van der Waals surface area contributed by atoms with Gasteiger partial charge in [0, 0.05) is 5.56 Å². The second kappa shape index (κ2) is 5.04. The highest BCUT2D eigenvalue weighted by molar-refractivity contribution is 5.93. The molecule has 3 aromatic rings. The van der Waals surface area contributed by atoms with Crippen LogP contribution in [0.25, 0.3) is 22.3 Å². The summed E-state index contributed by atoms with van der Waals surface area (Å²) < 4.78 is 78.3. The Balaban J connectivity index is 2.32. The first-order valence-corrected chi connectivity index (χ1v) is 6.20. The van der Waals surface area contributed by atoms with Crippen molar-refractivity contribution in [1.82, 2.24) is 25.6 Å². The van der Waals surface area contributed by atoms with Crippen LogP contribution in [-0.4, -0.2) is 25.6 Å². The number of alkyl halides is 6. The van der Waals surface area contributed by atoms with E-state index in [1.54, 1.807) is 0 Å². The predicted octanol–water partition coefficient (Wildman–Crippen LogP) is 3.03. The molecule has 126 valence electrons. The van der Waals surface area contributed by atoms with Gasteiger partial charge in [-0.05, 0) is 18.2 Å². The Hall–Kier alpha value is -2.92. The molecule has 6 nitrogen and oxygen atoms in total. The molecule has 1 aromatic carbocycles. The Morgan fingerprint density at radius 2 is 1.46 bits per heavy atom. The van der Waals surface area contributed by atoms with E-state index in [1.807, 2.05) is 5.21 Å². The minimum Gasteiger partial charge on any atom is -0.382 e. The summed E-state index contributed by atoms with van der Waals surface area (Å²) in [5.41, 5.74) is 0.834. The number of hydrogen-bond acceptors (Lipinski definition) is 5. The number of hydrogen-bond donors (Lipinski definition) is 2. The van der Waals surface area contributed by atoms with Gasteiger partial charge in [0.05, 0.1) is 11.1 Å². The first-order chi connectivity index (χ1) is 11.1. The van der Waals surface area contributed by atoms with Crippen molar-refractivity contribution in [1.29, 1.82) is 0 Å². The number of nitrogens with one attached hydrogen (secondary N) is 1. The molecule has 2 heterocycles. The van der Waals surface area contributed by atoms with E-state index in [-0.39, 0.29) is 5.56 Å². The summed E-state index contributed by atoms with van der Waals surface area (Å²) in [6.45, 7) is 0. The summed E-state index contributed by atoms with van der Waals surface area (Å²) in [5.74, 6) is -0.477. The molecule has 0 radical (unpaired) electrons. The first-order valence-electron chi connectivity index (χ1n) is 6.20. The van der Waals surface area contributed by atoms with Crippen molar-refractivity contribution in [2.24, 2.45) is 0 Å². The molecule has 0 aliphatic heterocycles. The van der Waals surface area contributed by atoms with Crippen LogP contribution in [0.4, 0.5) is 32.2 Å². The number of nitrogens with two attached hydrogens (primary N) is 1. The molecule has 0 bridgehead atoms. The van der Waals surface area contributed by atoms with Crippen molar-refractivity contribution in [3.8, 4) is 11.3 Å². The number of fused-ring (bicyclic) bond motifs is 1. The van der Waals surface area contributed by atoms with E-state index < -0.39 is 46.0 Å². The summed E-state index contributed by atoms with van der Waals surface area (Å²) in [7, 11) is 0. The number of nitrogen functional groups attached to an aromatic ring is 1. The van der Waals surface area contributed by atoms with Gasteiger partial charge in [-0.25, -0.2) is 0 Å². The number of aromatic nitrogens is 5. The van der Waals surface area contributed by atoms with Crippen LogP contribution in [0.1, 0.15) is 11.1 Å². The standard InChI is InChI=1S/C12H6F6N6/c13-11(14,15)5-2-1-4(9-10(5)23-24-22-9)8-6(12(16,17)18)3-7(19)20-21-8/h1-3H,(H2,19,20)(H,22,23,24). The van der Waals surface area contributed by atoms with Crippen LogP contribution in [-0.2, 0) is 12.4 Å². The summed E-state index contributed by atoms with van der Waals surface area (Å²) in [6.07, 6.45) is -9.58. The molecule has 0 fully saturated rings. The summed E-state index contributed by atoms with van der Waals surface area (Å²) in [5, 5.41) is 15.6. The van der Waals surface area contributed by atoms with E-state index in [0.717, 1.165) is 6.07 Å². The SMILES string of the molecule is Nc1cc(C(F)(F)F)c(-c2ccc(C(F)(F)F)c3n[nH]nc23)nn1. The molecule has 12 heteroatoms. The predicted molar refractivity (Wildman–Crippen MR) is 69.3 cm³/mol. The summed E-state index contributed by atoms with van der Waals surface area (Å²) in [6, 6.07) is 1.99. The lowest BCUT2D eigenvalue weighted by atomic mass is 10.0. The van der Waals surface area contributed by atoms with Gasteiger partial charge in [0.15, 0.2) is 0 Å². The molecular formula is C12H6F6N6. The van der Waals surface area contributed by atoms with Crippen LogP contribution < -0.4 is 5.73 Å². The van der Waals surface area contributed by atoms with Gasteiger partial charge >= 0.3 is 12.4 Å². The third kappa shape index (κ3) is 2.59. The van der Waals surface area contributed by atoms with E-state index in [2.05, 4.69) is 20.4 Å². The van der Waals surface area contributed by atoms with Crippen LogP contribution in [0.15, 0.2) is 18.2 Å². The van der Waals surface area contributed by atoms with Crippen molar-refractivity contribution < 1.29 is 26.3 Å². The largest absolute Gasteiger partial charge is 0.418 e. The summed E-state index contributed by atoms with van der Waals surface area (Å²) in [4.78, 5) is 0. The maximum absolute atomic E-state index is 13.2. The van der Waals surface area contributed by atoms with Crippen molar-refractivity contribution in [2.45, 2.75) is 12.4 Å². The fraction of sp³-hybridized carbons (Fsp3) is 0.167. The Labute approximate surface area is 128 Å². The number of H-pyrrole nitrogens is 1. The highest BCUT2D eigenvalue weighted by Gasteiger charge is 2.38. The van der Waals surface area contributed by atoms with Gasteiger partial charge in [-0.1, -0.05) is 0 Å². The molecular weight excluding hydrogens is 342 g/mol. The minimum atomic E-state index is -4.84. The maximum Gasteiger partial charge on any atom is 0.418 e. The van der Waals surface area contributed by atoms with Crippen LogP contribution in [0.3, 0.4) is 0 Å². The molecule has 3 N–H and O–H groups in total. The molecule has 24 heavy (non-hydrogen) atoms. The Kier molecular flexibility index (Phi) is 3.35.